The fraction of sp³-hybridized carbons (Fsp3) is 0.750. The molecule has 0 aliphatic heterocycles. The van der Waals surface area contributed by atoms with E-state index < -0.39 is 0 Å². The number of hydrogen-bond donors (Lipinski definition) is 2. The fourth-order valence-electron chi connectivity index (χ4n) is 0.158. The van der Waals surface area contributed by atoms with Crippen molar-refractivity contribution < 1.29 is 36.6 Å². The van der Waals surface area contributed by atoms with Crippen molar-refractivity contribution in [3.8, 4) is 0 Å². The summed E-state index contributed by atoms with van der Waals surface area (Å²) in [4.78, 5) is 15.5. The van der Waals surface area contributed by atoms with Gasteiger partial charge >= 0.3 is 0 Å². The Labute approximate surface area is 101 Å². The van der Waals surface area contributed by atoms with Crippen LogP contribution in [0, 0.1) is 0 Å². The summed E-state index contributed by atoms with van der Waals surface area (Å²) in [5.74, 6) is 0. The van der Waals surface area contributed by atoms with E-state index in [0.29, 0.717) is 25.9 Å². The molecule has 0 unspecified atom stereocenters. The third kappa shape index (κ3) is 138. The van der Waals surface area contributed by atoms with Gasteiger partial charge in [0.05, 0.1) is 0 Å². The Balaban J connectivity index is -0.0000000318. The average molecular weight is 265 g/mol. The Bertz CT molecular complexity index is 60.6. The van der Waals surface area contributed by atoms with Gasteiger partial charge in [-0.15, -0.1) is 13.1 Å². The van der Waals surface area contributed by atoms with Crippen molar-refractivity contribution in [3.63, 3.8) is 0 Å². The zero-order valence-electron chi connectivity index (χ0n) is 8.44. The molecule has 0 atom stereocenters. The SMILES string of the molecule is [CH-]=O.[CH-]=O.[Co].[NH-]CCCO.[NH-]CCCO. The van der Waals surface area contributed by atoms with Crippen LogP contribution >= 0.6 is 0 Å². The molecule has 1 radical (unpaired) electrons. The zero-order valence-corrected chi connectivity index (χ0v) is 9.48. The van der Waals surface area contributed by atoms with E-state index in [1.165, 1.54) is 0 Å². The van der Waals surface area contributed by atoms with Gasteiger partial charge in [0.15, 0.2) is 0 Å². The molecule has 0 aromatic heterocycles. The van der Waals surface area contributed by atoms with Crippen LogP contribution in [-0.4, -0.2) is 50.1 Å². The third-order valence-corrected chi connectivity index (χ3v) is 0.670. The first-order chi connectivity index (χ1) is 6.83. The van der Waals surface area contributed by atoms with Crippen LogP contribution in [0.25, 0.3) is 11.5 Å². The van der Waals surface area contributed by atoms with Crippen molar-refractivity contribution >= 4 is 13.6 Å². The van der Waals surface area contributed by atoms with Crippen molar-refractivity contribution in [2.45, 2.75) is 12.8 Å². The van der Waals surface area contributed by atoms with Gasteiger partial charge < -0.3 is 31.3 Å². The topological polar surface area (TPSA) is 122 Å². The average Bonchev–Trinajstić information content (AvgIpc) is 2.27. The van der Waals surface area contributed by atoms with Crippen molar-refractivity contribution in [1.29, 1.82) is 0 Å². The van der Waals surface area contributed by atoms with Crippen LogP contribution in [0.5, 0.6) is 0 Å². The van der Waals surface area contributed by atoms with Crippen LogP contribution in [-0.2, 0) is 26.4 Å². The molecule has 0 amide bonds. The van der Waals surface area contributed by atoms with Crippen molar-refractivity contribution in [3.05, 3.63) is 11.5 Å². The van der Waals surface area contributed by atoms with E-state index in [4.69, 9.17) is 31.3 Å². The van der Waals surface area contributed by atoms with Crippen LogP contribution in [0.15, 0.2) is 0 Å². The van der Waals surface area contributed by atoms with E-state index in [1.54, 1.807) is 0 Å². The molecule has 0 aromatic rings. The molecule has 97 valence electrons. The van der Waals surface area contributed by atoms with E-state index >= 15 is 0 Å². The largest absolute Gasteiger partial charge is 0.677 e. The molecule has 0 saturated heterocycles. The van der Waals surface area contributed by atoms with E-state index in [9.17, 15) is 0 Å². The van der Waals surface area contributed by atoms with Gasteiger partial charge in [0.1, 0.15) is 0 Å². The Kier molecular flexibility index (Phi) is 133. The number of nitrogens with one attached hydrogen (secondary N) is 2. The molecular weight excluding hydrogens is 247 g/mol. The van der Waals surface area contributed by atoms with Crippen LogP contribution in [0.2, 0.25) is 0 Å². The van der Waals surface area contributed by atoms with Crippen LogP contribution < -0.4 is 0 Å². The number of hydrogen-bond acceptors (Lipinski definition) is 4. The standard InChI is InChI=1S/2C3H8NO.2CHO.Co/c2*4-2-1-3-5;2*1-2;/h2*4-5H,1-3H2;2*1H;/q4*-1;. The van der Waals surface area contributed by atoms with Crippen LogP contribution in [0.4, 0.5) is 0 Å². The maximum absolute atomic E-state index is 7.95. The van der Waals surface area contributed by atoms with Crippen molar-refractivity contribution in [1.82, 2.24) is 0 Å². The van der Waals surface area contributed by atoms with Gasteiger partial charge in [0.2, 0.25) is 0 Å². The first kappa shape index (κ1) is 29.3. The van der Waals surface area contributed by atoms with E-state index in [1.807, 2.05) is 0 Å². The van der Waals surface area contributed by atoms with Gasteiger partial charge in [-0.3, -0.25) is 13.6 Å². The molecule has 0 spiro atoms. The first-order valence-electron chi connectivity index (χ1n) is 3.81. The quantitative estimate of drug-likeness (QED) is 0.560. The van der Waals surface area contributed by atoms with Gasteiger partial charge in [0.25, 0.3) is 0 Å². The molecule has 0 rings (SSSR count). The van der Waals surface area contributed by atoms with Crippen molar-refractivity contribution in [2.24, 2.45) is 0 Å². The number of carbonyl (C=O) groups excluding carboxylic acids is 2. The molecule has 0 aliphatic carbocycles. The molecule has 0 heterocycles. The molecular formula is C8H18CoN2O4-4. The second-order valence-corrected chi connectivity index (χ2v) is 1.65. The van der Waals surface area contributed by atoms with Gasteiger partial charge in [-0.25, -0.2) is 0 Å². The molecule has 0 fully saturated rings. The summed E-state index contributed by atoms with van der Waals surface area (Å²) in [6.45, 7) is 7.50. The minimum absolute atomic E-state index is 0. The van der Waals surface area contributed by atoms with E-state index in [0.717, 1.165) is 0 Å². The smallest absolute Gasteiger partial charge is 0.0414 e. The first-order valence-corrected chi connectivity index (χ1v) is 3.81. The summed E-state index contributed by atoms with van der Waals surface area (Å²) in [6.07, 6.45) is 1.22. The number of rotatable bonds is 4. The molecule has 6 nitrogen and oxygen atoms in total. The minimum Gasteiger partial charge on any atom is -0.677 e. The molecule has 4 N–H and O–H groups in total. The Morgan fingerprint density at radius 2 is 1.00 bits per heavy atom. The molecule has 0 saturated carbocycles. The van der Waals surface area contributed by atoms with Gasteiger partial charge in [0, 0.05) is 30.0 Å². The molecule has 0 aromatic carbocycles. The van der Waals surface area contributed by atoms with Crippen LogP contribution in [0.1, 0.15) is 12.8 Å². The number of aliphatic hydroxyl groups excluding tert-OH is 2. The summed E-state index contributed by atoms with van der Waals surface area (Å²) in [5.41, 5.74) is 12.9. The maximum Gasteiger partial charge on any atom is 0.0414 e. The summed E-state index contributed by atoms with van der Waals surface area (Å²) in [7, 11) is 0. The second-order valence-electron chi connectivity index (χ2n) is 1.65. The molecule has 0 bridgehead atoms. The Morgan fingerprint density at radius 3 is 1.00 bits per heavy atom. The number of aliphatic hydroxyl groups is 2. The molecule has 7 heteroatoms. The molecule has 0 aliphatic rings. The Morgan fingerprint density at radius 1 is 0.800 bits per heavy atom. The van der Waals surface area contributed by atoms with Gasteiger partial charge in [-0.2, -0.15) is 0 Å². The predicted octanol–water partition coefficient (Wildman–Crippen LogP) is 0.291. The van der Waals surface area contributed by atoms with E-state index in [2.05, 4.69) is 13.6 Å². The summed E-state index contributed by atoms with van der Waals surface area (Å²) >= 11 is 0. The van der Waals surface area contributed by atoms with E-state index in [-0.39, 0.29) is 30.0 Å². The molecule has 15 heavy (non-hydrogen) atoms. The van der Waals surface area contributed by atoms with Crippen molar-refractivity contribution in [2.75, 3.05) is 26.3 Å². The summed E-state index contributed by atoms with van der Waals surface area (Å²) in [5, 5.41) is 15.9. The second kappa shape index (κ2) is 68.1. The predicted molar refractivity (Wildman–Crippen MR) is 55.3 cm³/mol. The minimum atomic E-state index is 0. The zero-order chi connectivity index (χ0) is 12.2. The summed E-state index contributed by atoms with van der Waals surface area (Å²) in [6, 6.07) is 0. The normalized spacial score (nSPS) is 6.13. The maximum atomic E-state index is 7.95. The van der Waals surface area contributed by atoms with Gasteiger partial charge in [-0.1, -0.05) is 0 Å². The van der Waals surface area contributed by atoms with Crippen LogP contribution in [0.3, 0.4) is 0 Å². The third-order valence-electron chi connectivity index (χ3n) is 0.670. The monoisotopic (exact) mass is 265 g/mol. The fourth-order valence-corrected chi connectivity index (χ4v) is 0.158. The summed E-state index contributed by atoms with van der Waals surface area (Å²) < 4.78 is 0. The Hall–Kier alpha value is -0.314. The van der Waals surface area contributed by atoms with Gasteiger partial charge in [-0.05, 0) is 12.8 Å².